The van der Waals surface area contributed by atoms with E-state index in [9.17, 15) is 0 Å². The van der Waals surface area contributed by atoms with Crippen molar-refractivity contribution in [2.75, 3.05) is 32.2 Å². The number of aromatic nitrogens is 2. The van der Waals surface area contributed by atoms with Crippen molar-refractivity contribution in [3.63, 3.8) is 0 Å². The molecule has 3 rings (SSSR count). The fourth-order valence-electron chi connectivity index (χ4n) is 3.21. The number of rotatable bonds is 5. The molecule has 1 aromatic heterocycles. The van der Waals surface area contributed by atoms with Crippen molar-refractivity contribution in [2.24, 2.45) is 0 Å². The van der Waals surface area contributed by atoms with Crippen LogP contribution in [0.1, 0.15) is 24.1 Å². The zero-order valence-electron chi connectivity index (χ0n) is 14.0. The smallest absolute Gasteiger partial charge is 0.129 e. The Labute approximate surface area is 147 Å². The minimum Gasteiger partial charge on any atom is -0.496 e. The molecule has 2 aromatic rings. The van der Waals surface area contributed by atoms with E-state index < -0.39 is 0 Å². The first-order valence-electron chi connectivity index (χ1n) is 8.07. The van der Waals surface area contributed by atoms with Crippen LogP contribution in [-0.2, 0) is 10.2 Å². The summed E-state index contributed by atoms with van der Waals surface area (Å²) in [5, 5.41) is 4.18. The number of nitrogens with zero attached hydrogens (tertiary/aromatic N) is 2. The van der Waals surface area contributed by atoms with Crippen molar-refractivity contribution in [3.05, 3.63) is 46.9 Å². The van der Waals surface area contributed by atoms with Crippen LogP contribution in [0.4, 0.5) is 5.82 Å². The summed E-state index contributed by atoms with van der Waals surface area (Å²) in [4.78, 5) is 8.44. The largest absolute Gasteiger partial charge is 0.496 e. The molecule has 0 amide bonds. The SMILES string of the molecule is COc1ccc(Cl)cc1C1(CNc2cc(C)ncn2)CCOCC1. The van der Waals surface area contributed by atoms with Gasteiger partial charge < -0.3 is 14.8 Å². The van der Waals surface area contributed by atoms with Gasteiger partial charge in [0.05, 0.1) is 7.11 Å². The molecular formula is C18H22ClN3O2. The lowest BCUT2D eigenvalue weighted by atomic mass is 9.73. The number of hydrogen-bond donors (Lipinski definition) is 1. The molecule has 1 aliphatic rings. The van der Waals surface area contributed by atoms with Gasteiger partial charge in [0.2, 0.25) is 0 Å². The molecule has 0 aliphatic carbocycles. The van der Waals surface area contributed by atoms with E-state index in [0.717, 1.165) is 60.4 Å². The summed E-state index contributed by atoms with van der Waals surface area (Å²) in [6.45, 7) is 4.14. The maximum atomic E-state index is 6.27. The molecule has 24 heavy (non-hydrogen) atoms. The Kier molecular flexibility index (Phi) is 5.21. The zero-order valence-corrected chi connectivity index (χ0v) is 14.8. The predicted molar refractivity (Wildman–Crippen MR) is 95.0 cm³/mol. The third kappa shape index (κ3) is 3.62. The molecular weight excluding hydrogens is 326 g/mol. The molecule has 1 fully saturated rings. The number of anilines is 1. The number of benzene rings is 1. The molecule has 0 radical (unpaired) electrons. The Morgan fingerprint density at radius 3 is 2.75 bits per heavy atom. The standard InChI is InChI=1S/C18H22ClN3O2/c1-13-9-17(22-12-21-13)20-11-18(5-7-24-8-6-18)15-10-14(19)3-4-16(15)23-2/h3-4,9-10,12H,5-8,11H2,1-2H3,(H,20,21,22). The molecule has 0 atom stereocenters. The van der Waals surface area contributed by atoms with E-state index in [1.54, 1.807) is 13.4 Å². The van der Waals surface area contributed by atoms with Crippen LogP contribution in [0.25, 0.3) is 0 Å². The lowest BCUT2D eigenvalue weighted by Crippen LogP contribution is -2.40. The fraction of sp³-hybridized carbons (Fsp3) is 0.444. The molecule has 5 nitrogen and oxygen atoms in total. The van der Waals surface area contributed by atoms with Gasteiger partial charge in [-0.05, 0) is 38.0 Å². The van der Waals surface area contributed by atoms with Crippen LogP contribution in [0.15, 0.2) is 30.6 Å². The second-order valence-corrected chi connectivity index (χ2v) is 6.57. The fourth-order valence-corrected chi connectivity index (χ4v) is 3.38. The summed E-state index contributed by atoms with van der Waals surface area (Å²) >= 11 is 6.27. The minimum atomic E-state index is -0.104. The lowest BCUT2D eigenvalue weighted by molar-refractivity contribution is 0.0535. The molecule has 1 N–H and O–H groups in total. The average molecular weight is 348 g/mol. The first kappa shape index (κ1) is 17.0. The van der Waals surface area contributed by atoms with Gasteiger partial charge in [0.1, 0.15) is 17.9 Å². The molecule has 0 spiro atoms. The normalized spacial score (nSPS) is 16.6. The average Bonchev–Trinajstić information content (AvgIpc) is 2.61. The molecule has 6 heteroatoms. The van der Waals surface area contributed by atoms with E-state index in [-0.39, 0.29) is 5.41 Å². The Morgan fingerprint density at radius 1 is 1.25 bits per heavy atom. The van der Waals surface area contributed by atoms with Crippen LogP contribution in [0.3, 0.4) is 0 Å². The van der Waals surface area contributed by atoms with Gasteiger partial charge in [-0.3, -0.25) is 0 Å². The van der Waals surface area contributed by atoms with Gasteiger partial charge >= 0.3 is 0 Å². The van der Waals surface area contributed by atoms with Crippen molar-refractivity contribution in [1.29, 1.82) is 0 Å². The summed E-state index contributed by atoms with van der Waals surface area (Å²) in [5.41, 5.74) is 1.96. The number of ether oxygens (including phenoxy) is 2. The van der Waals surface area contributed by atoms with Crippen molar-refractivity contribution in [2.45, 2.75) is 25.2 Å². The summed E-state index contributed by atoms with van der Waals surface area (Å²) in [5.74, 6) is 1.69. The second kappa shape index (κ2) is 7.36. The van der Waals surface area contributed by atoms with E-state index in [0.29, 0.717) is 0 Å². The summed E-state index contributed by atoms with van der Waals surface area (Å²) in [6.07, 6.45) is 3.38. The van der Waals surface area contributed by atoms with E-state index in [1.807, 2.05) is 31.2 Å². The number of methoxy groups -OCH3 is 1. The zero-order chi connectivity index (χ0) is 17.0. The Bertz CT molecular complexity index is 702. The van der Waals surface area contributed by atoms with Crippen molar-refractivity contribution >= 4 is 17.4 Å². The second-order valence-electron chi connectivity index (χ2n) is 6.14. The first-order valence-corrected chi connectivity index (χ1v) is 8.45. The van der Waals surface area contributed by atoms with Crippen LogP contribution in [0, 0.1) is 6.92 Å². The highest BCUT2D eigenvalue weighted by Crippen LogP contribution is 2.41. The molecule has 0 bridgehead atoms. The van der Waals surface area contributed by atoms with E-state index in [1.165, 1.54) is 0 Å². The summed E-state index contributed by atoms with van der Waals surface area (Å²) < 4.78 is 11.2. The Morgan fingerprint density at radius 2 is 2.04 bits per heavy atom. The van der Waals surface area contributed by atoms with Gasteiger partial charge in [-0.1, -0.05) is 11.6 Å². The highest BCUT2D eigenvalue weighted by molar-refractivity contribution is 6.30. The Hall–Kier alpha value is -1.85. The van der Waals surface area contributed by atoms with Crippen LogP contribution < -0.4 is 10.1 Å². The molecule has 1 aliphatic heterocycles. The van der Waals surface area contributed by atoms with Gasteiger partial charge in [-0.2, -0.15) is 0 Å². The van der Waals surface area contributed by atoms with Crippen LogP contribution in [-0.4, -0.2) is 36.8 Å². The van der Waals surface area contributed by atoms with Crippen LogP contribution >= 0.6 is 11.6 Å². The van der Waals surface area contributed by atoms with E-state index in [4.69, 9.17) is 21.1 Å². The topological polar surface area (TPSA) is 56.3 Å². The third-order valence-corrected chi connectivity index (χ3v) is 4.83. The molecule has 0 unspecified atom stereocenters. The monoisotopic (exact) mass is 347 g/mol. The molecule has 128 valence electrons. The number of hydrogen-bond acceptors (Lipinski definition) is 5. The molecule has 1 saturated heterocycles. The van der Waals surface area contributed by atoms with Gasteiger partial charge in [0, 0.05) is 47.5 Å². The minimum absolute atomic E-state index is 0.104. The van der Waals surface area contributed by atoms with Gasteiger partial charge in [-0.15, -0.1) is 0 Å². The maximum Gasteiger partial charge on any atom is 0.129 e. The third-order valence-electron chi connectivity index (χ3n) is 4.59. The van der Waals surface area contributed by atoms with Gasteiger partial charge in [0.25, 0.3) is 0 Å². The van der Waals surface area contributed by atoms with Crippen molar-refractivity contribution < 1.29 is 9.47 Å². The van der Waals surface area contributed by atoms with Crippen molar-refractivity contribution in [1.82, 2.24) is 9.97 Å². The van der Waals surface area contributed by atoms with E-state index in [2.05, 4.69) is 15.3 Å². The summed E-state index contributed by atoms with van der Waals surface area (Å²) in [6, 6.07) is 7.75. The number of aryl methyl sites for hydroxylation is 1. The Balaban J connectivity index is 1.91. The quantitative estimate of drug-likeness (QED) is 0.895. The van der Waals surface area contributed by atoms with Gasteiger partial charge in [-0.25, -0.2) is 9.97 Å². The predicted octanol–water partition coefficient (Wildman–Crippen LogP) is 3.61. The lowest BCUT2D eigenvalue weighted by Gasteiger charge is -2.38. The first-order chi connectivity index (χ1) is 11.6. The van der Waals surface area contributed by atoms with Gasteiger partial charge in [0.15, 0.2) is 0 Å². The van der Waals surface area contributed by atoms with E-state index >= 15 is 0 Å². The number of nitrogens with one attached hydrogen (secondary N) is 1. The maximum absolute atomic E-state index is 6.27. The highest BCUT2D eigenvalue weighted by atomic mass is 35.5. The van der Waals surface area contributed by atoms with Crippen LogP contribution in [0.5, 0.6) is 5.75 Å². The molecule has 0 saturated carbocycles. The molecule has 2 heterocycles. The van der Waals surface area contributed by atoms with Crippen molar-refractivity contribution in [3.8, 4) is 5.75 Å². The summed E-state index contributed by atoms with van der Waals surface area (Å²) in [7, 11) is 1.70. The number of halogens is 1. The van der Waals surface area contributed by atoms with Crippen LogP contribution in [0.2, 0.25) is 5.02 Å². The highest BCUT2D eigenvalue weighted by Gasteiger charge is 2.37. The molecule has 1 aromatic carbocycles.